The van der Waals surface area contributed by atoms with Gasteiger partial charge in [0.05, 0.1) is 25.3 Å². The maximum atomic E-state index is 12.9. The molecule has 1 aliphatic carbocycles. The molecule has 4 rings (SSSR count). The van der Waals surface area contributed by atoms with Gasteiger partial charge < -0.3 is 24.8 Å². The summed E-state index contributed by atoms with van der Waals surface area (Å²) in [6.45, 7) is 0.861. The zero-order chi connectivity index (χ0) is 22.2. The van der Waals surface area contributed by atoms with E-state index in [0.717, 1.165) is 18.4 Å². The first kappa shape index (κ1) is 22.3. The summed E-state index contributed by atoms with van der Waals surface area (Å²) in [6, 6.07) is 16.6. The summed E-state index contributed by atoms with van der Waals surface area (Å²) < 4.78 is 11.0. The Morgan fingerprint density at radius 3 is 2.32 bits per heavy atom. The van der Waals surface area contributed by atoms with Crippen molar-refractivity contribution in [1.29, 1.82) is 0 Å². The quantitative estimate of drug-likeness (QED) is 0.572. The number of benzene rings is 2. The van der Waals surface area contributed by atoms with E-state index in [2.05, 4.69) is 5.32 Å². The number of methoxy groups -OCH3 is 1. The zero-order valence-electron chi connectivity index (χ0n) is 17.3. The smallest absolute Gasteiger partial charge is 0.337 e. The maximum Gasteiger partial charge on any atom is 0.337 e. The van der Waals surface area contributed by atoms with Gasteiger partial charge in [-0.2, -0.15) is 0 Å². The lowest BCUT2D eigenvalue weighted by Gasteiger charge is -2.38. The molecule has 164 valence electrons. The lowest BCUT2D eigenvalue weighted by Crippen LogP contribution is -2.49. The fraction of sp³-hybridized carbons (Fsp3) is 0.348. The number of hydrogen-bond acceptors (Lipinski definition) is 5. The topological polar surface area (TPSA) is 105 Å². The Kier molecular flexibility index (Phi) is 7.61. The van der Waals surface area contributed by atoms with E-state index in [-0.39, 0.29) is 24.7 Å². The molecule has 8 nitrogen and oxygen atoms in total. The molecule has 0 aromatic heterocycles. The Hall–Kier alpha value is -3.39. The lowest BCUT2D eigenvalue weighted by molar-refractivity contribution is -0.122. The van der Waals surface area contributed by atoms with E-state index in [1.54, 1.807) is 24.3 Å². The van der Waals surface area contributed by atoms with E-state index >= 15 is 0 Å². The molecule has 2 fully saturated rings. The number of morpholine rings is 1. The van der Waals surface area contributed by atoms with Gasteiger partial charge in [-0.25, -0.2) is 9.59 Å². The van der Waals surface area contributed by atoms with Gasteiger partial charge in [0.1, 0.15) is 6.10 Å². The number of urea groups is 1. The van der Waals surface area contributed by atoms with Crippen LogP contribution in [0, 0.1) is 5.92 Å². The predicted octanol–water partition coefficient (Wildman–Crippen LogP) is 3.56. The number of amides is 2. The van der Waals surface area contributed by atoms with Gasteiger partial charge in [0.2, 0.25) is 0 Å². The highest BCUT2D eigenvalue weighted by Crippen LogP contribution is 2.39. The normalized spacial score (nSPS) is 20.1. The number of carbonyl (C=O) groups is 3. The van der Waals surface area contributed by atoms with Crippen molar-refractivity contribution < 1.29 is 29.0 Å². The van der Waals surface area contributed by atoms with Gasteiger partial charge in [-0.1, -0.05) is 30.3 Å². The van der Waals surface area contributed by atoms with E-state index < -0.39 is 5.97 Å². The highest BCUT2D eigenvalue weighted by molar-refractivity contribution is 5.92. The van der Waals surface area contributed by atoms with E-state index in [1.807, 2.05) is 35.2 Å². The number of carbonyl (C=O) groups excluding carboxylic acids is 2. The van der Waals surface area contributed by atoms with Crippen molar-refractivity contribution in [2.75, 3.05) is 25.5 Å². The summed E-state index contributed by atoms with van der Waals surface area (Å²) in [5, 5.41) is 9.82. The summed E-state index contributed by atoms with van der Waals surface area (Å²) >= 11 is 0. The summed E-state index contributed by atoms with van der Waals surface area (Å²) in [5.74, 6) is 0.144. The van der Waals surface area contributed by atoms with Crippen LogP contribution in [0.5, 0.6) is 0 Å². The van der Waals surface area contributed by atoms with Crippen LogP contribution < -0.4 is 5.32 Å². The summed E-state index contributed by atoms with van der Waals surface area (Å²) in [4.78, 5) is 34.6. The maximum absolute atomic E-state index is 12.9. The van der Waals surface area contributed by atoms with Crippen LogP contribution in [0.25, 0.3) is 0 Å². The molecule has 1 saturated carbocycles. The first-order valence-corrected chi connectivity index (χ1v) is 10.1. The molecule has 8 heteroatoms. The van der Waals surface area contributed by atoms with Crippen molar-refractivity contribution in [2.24, 2.45) is 5.92 Å². The standard InChI is InChI=1S/C22H24N2O4.CH2O2/c1-27-21(25)17-9-11-18(12-10-17)23-22(26)24-13-19(15-5-3-2-4-6-15)28-20(14-24)16-7-8-16;2-1-3/h2-6,9-12,16,19-20H,7-8,13-14H2,1H3,(H,23,26);1H,(H,2,3)/t19-,20+;/m0./s1. The molecule has 0 spiro atoms. The van der Waals surface area contributed by atoms with Crippen LogP contribution in [0.2, 0.25) is 0 Å². The van der Waals surface area contributed by atoms with Crippen LogP contribution in [-0.4, -0.2) is 54.8 Å². The second kappa shape index (κ2) is 10.6. The molecule has 2 N–H and O–H groups in total. The fourth-order valence-electron chi connectivity index (χ4n) is 3.54. The van der Waals surface area contributed by atoms with Crippen LogP contribution in [0.1, 0.15) is 34.9 Å². The van der Waals surface area contributed by atoms with Crippen molar-refractivity contribution in [2.45, 2.75) is 25.0 Å². The first-order valence-electron chi connectivity index (χ1n) is 10.1. The molecule has 2 amide bonds. The Morgan fingerprint density at radius 1 is 1.10 bits per heavy atom. The molecule has 0 bridgehead atoms. The number of anilines is 1. The van der Waals surface area contributed by atoms with E-state index in [1.165, 1.54) is 7.11 Å². The number of esters is 1. The van der Waals surface area contributed by atoms with Crippen molar-refractivity contribution in [3.63, 3.8) is 0 Å². The molecule has 1 heterocycles. The number of carboxylic acid groups (broad SMARTS) is 1. The summed E-state index contributed by atoms with van der Waals surface area (Å²) in [6.07, 6.45) is 2.28. The number of rotatable bonds is 4. The van der Waals surface area contributed by atoms with Gasteiger partial charge in [0.15, 0.2) is 0 Å². The third-order valence-corrected chi connectivity index (χ3v) is 5.29. The van der Waals surface area contributed by atoms with Gasteiger partial charge in [-0.15, -0.1) is 0 Å². The molecular formula is C23H26N2O6. The zero-order valence-corrected chi connectivity index (χ0v) is 17.3. The van der Waals surface area contributed by atoms with Crippen LogP contribution in [0.15, 0.2) is 54.6 Å². The molecule has 0 unspecified atom stereocenters. The second-order valence-electron chi connectivity index (χ2n) is 7.42. The molecule has 2 aliphatic rings. The van der Waals surface area contributed by atoms with Gasteiger partial charge >= 0.3 is 12.0 Å². The first-order chi connectivity index (χ1) is 15.0. The average Bonchev–Trinajstić information content (AvgIpc) is 3.65. The minimum atomic E-state index is -0.399. The summed E-state index contributed by atoms with van der Waals surface area (Å²) in [5.41, 5.74) is 2.18. The van der Waals surface area contributed by atoms with Crippen LogP contribution in [0.3, 0.4) is 0 Å². The molecule has 1 saturated heterocycles. The Bertz CT molecular complexity index is 883. The average molecular weight is 426 g/mol. The molecule has 1 aliphatic heterocycles. The largest absolute Gasteiger partial charge is 0.483 e. The van der Waals surface area contributed by atoms with Crippen LogP contribution in [-0.2, 0) is 14.3 Å². The number of ether oxygens (including phenoxy) is 2. The number of nitrogens with one attached hydrogen (secondary N) is 1. The van der Waals surface area contributed by atoms with Crippen molar-refractivity contribution in [1.82, 2.24) is 4.90 Å². The Labute approximate surface area is 180 Å². The van der Waals surface area contributed by atoms with Crippen LogP contribution in [0.4, 0.5) is 10.5 Å². The number of nitrogens with zero attached hydrogens (tertiary/aromatic N) is 1. The van der Waals surface area contributed by atoms with Gasteiger partial charge in [0.25, 0.3) is 6.47 Å². The molecule has 31 heavy (non-hydrogen) atoms. The van der Waals surface area contributed by atoms with E-state index in [9.17, 15) is 9.59 Å². The Morgan fingerprint density at radius 2 is 1.74 bits per heavy atom. The number of hydrogen-bond donors (Lipinski definition) is 2. The molecular weight excluding hydrogens is 400 g/mol. The molecule has 2 atom stereocenters. The summed E-state index contributed by atoms with van der Waals surface area (Å²) in [7, 11) is 1.34. The van der Waals surface area contributed by atoms with Gasteiger partial charge in [-0.3, -0.25) is 4.79 Å². The highest BCUT2D eigenvalue weighted by atomic mass is 16.5. The van der Waals surface area contributed by atoms with Gasteiger partial charge in [-0.05, 0) is 48.6 Å². The van der Waals surface area contributed by atoms with Crippen molar-refractivity contribution in [3.05, 3.63) is 65.7 Å². The van der Waals surface area contributed by atoms with E-state index in [0.29, 0.717) is 30.3 Å². The Balaban J connectivity index is 0.000000858. The predicted molar refractivity (Wildman–Crippen MR) is 114 cm³/mol. The van der Waals surface area contributed by atoms with Crippen molar-refractivity contribution >= 4 is 24.2 Å². The fourth-order valence-corrected chi connectivity index (χ4v) is 3.54. The third kappa shape index (κ3) is 6.05. The van der Waals surface area contributed by atoms with Crippen molar-refractivity contribution in [3.8, 4) is 0 Å². The lowest BCUT2D eigenvalue weighted by atomic mass is 10.1. The van der Waals surface area contributed by atoms with Crippen LogP contribution >= 0.6 is 0 Å². The SMILES string of the molecule is COC(=O)c1ccc(NC(=O)N2C[C@@H](c3ccccc3)O[C@@H](C3CC3)C2)cc1.O=CO. The highest BCUT2D eigenvalue weighted by Gasteiger charge is 2.40. The molecule has 2 aromatic carbocycles. The van der Waals surface area contributed by atoms with E-state index in [4.69, 9.17) is 19.4 Å². The molecule has 2 aromatic rings. The second-order valence-corrected chi connectivity index (χ2v) is 7.42. The minimum absolute atomic E-state index is 0.0754. The molecule has 0 radical (unpaired) electrons. The minimum Gasteiger partial charge on any atom is -0.483 e. The third-order valence-electron chi connectivity index (χ3n) is 5.29. The van der Waals surface area contributed by atoms with Gasteiger partial charge in [0, 0.05) is 12.2 Å². The monoisotopic (exact) mass is 426 g/mol.